The molecular formula is C8H12N2Na2O4S4. The van der Waals surface area contributed by atoms with E-state index >= 15 is 0 Å². The fourth-order valence-corrected chi connectivity index (χ4v) is 0.951. The van der Waals surface area contributed by atoms with Crippen molar-refractivity contribution in [1.82, 2.24) is 10.6 Å². The van der Waals surface area contributed by atoms with Gasteiger partial charge in [-0.3, -0.25) is 9.59 Å². The maximum absolute atomic E-state index is 9.86. The molecule has 0 aromatic heterocycles. The van der Waals surface area contributed by atoms with E-state index in [1.165, 1.54) is 0 Å². The maximum atomic E-state index is 9.86. The standard InChI is InChI=1S/2C4H7NO2S2.2Na/c2*6-3(7)1-2-5-4(8)9;;/h2*1-2H2,(H,6,7)(H2,5,8,9);;/q;;2*+1/p-2. The van der Waals surface area contributed by atoms with Crippen molar-refractivity contribution >= 4 is 70.3 Å². The average molecular weight is 374 g/mol. The Morgan fingerprint density at radius 2 is 1.10 bits per heavy atom. The molecule has 0 aromatic carbocycles. The Hall–Kier alpha value is 1.16. The second-order valence-electron chi connectivity index (χ2n) is 2.72. The van der Waals surface area contributed by atoms with Crippen LogP contribution in [0.25, 0.3) is 0 Å². The maximum Gasteiger partial charge on any atom is 1.00 e. The number of hydrogen-bond acceptors (Lipinski definition) is 6. The summed E-state index contributed by atoms with van der Waals surface area (Å²) < 4.78 is 0.438. The molecule has 104 valence electrons. The van der Waals surface area contributed by atoms with E-state index in [0.717, 1.165) is 0 Å². The summed E-state index contributed by atoms with van der Waals surface area (Å²) in [7, 11) is 0. The van der Waals surface area contributed by atoms with E-state index in [1.807, 2.05) is 0 Å². The van der Waals surface area contributed by atoms with E-state index in [1.54, 1.807) is 0 Å². The van der Waals surface area contributed by atoms with Crippen molar-refractivity contribution in [2.75, 3.05) is 13.1 Å². The van der Waals surface area contributed by atoms with Gasteiger partial charge in [-0.2, -0.15) is 0 Å². The topological polar surface area (TPSA) is 98.7 Å². The Kier molecular flexibility index (Phi) is 29.4. The van der Waals surface area contributed by atoms with Crippen LogP contribution < -0.4 is 69.7 Å². The van der Waals surface area contributed by atoms with Crippen LogP contribution in [0.3, 0.4) is 0 Å². The Morgan fingerprint density at radius 1 is 0.850 bits per heavy atom. The van der Waals surface area contributed by atoms with Gasteiger partial charge in [-0.25, -0.2) is 0 Å². The number of carboxylic acids is 2. The van der Waals surface area contributed by atoms with Gasteiger partial charge in [0.05, 0.1) is 12.8 Å². The molecule has 0 radical (unpaired) electrons. The van der Waals surface area contributed by atoms with Gasteiger partial charge in [0, 0.05) is 13.1 Å². The minimum Gasteiger partial charge on any atom is -0.481 e. The van der Waals surface area contributed by atoms with E-state index in [-0.39, 0.29) is 80.6 Å². The first-order valence-corrected chi connectivity index (χ1v) is 6.22. The zero-order chi connectivity index (χ0) is 14.6. The fraction of sp³-hybridized carbons (Fsp3) is 0.500. The summed E-state index contributed by atoms with van der Waals surface area (Å²) in [5.41, 5.74) is 0. The molecule has 0 aliphatic carbocycles. The van der Waals surface area contributed by atoms with Crippen molar-refractivity contribution < 1.29 is 78.9 Å². The molecule has 0 bridgehead atoms. The van der Waals surface area contributed by atoms with Gasteiger partial charge in [0.2, 0.25) is 0 Å². The molecule has 0 rings (SSSR count). The van der Waals surface area contributed by atoms with E-state index in [0.29, 0.717) is 13.1 Å². The largest absolute Gasteiger partial charge is 1.00 e. The first kappa shape index (κ1) is 29.2. The monoisotopic (exact) mass is 374 g/mol. The Labute approximate surface area is 183 Å². The molecule has 0 saturated carbocycles. The van der Waals surface area contributed by atoms with Crippen molar-refractivity contribution in [3.63, 3.8) is 0 Å². The number of rotatable bonds is 6. The number of thiocarbonyl (C=S) groups is 2. The third-order valence-corrected chi connectivity index (χ3v) is 1.79. The molecular weight excluding hydrogens is 362 g/mol. The van der Waals surface area contributed by atoms with Gasteiger partial charge >= 0.3 is 71.1 Å². The van der Waals surface area contributed by atoms with E-state index in [9.17, 15) is 9.59 Å². The Balaban J connectivity index is -0.000000116. The molecule has 0 saturated heterocycles. The fourth-order valence-electron chi connectivity index (χ4n) is 0.543. The quantitative estimate of drug-likeness (QED) is 0.204. The predicted molar refractivity (Wildman–Crippen MR) is 80.4 cm³/mol. The van der Waals surface area contributed by atoms with Gasteiger partial charge in [-0.05, 0) is 0 Å². The van der Waals surface area contributed by atoms with Crippen molar-refractivity contribution in [1.29, 1.82) is 0 Å². The molecule has 0 unspecified atom stereocenters. The van der Waals surface area contributed by atoms with Gasteiger partial charge < -0.3 is 70.5 Å². The SMILES string of the molecule is O=C(O)CCNC(=S)[S-].O=C(O)CCNC(=S)[S-].[Na+].[Na+]. The molecule has 0 aliphatic rings. The Bertz CT molecular complexity index is 263. The molecule has 0 heterocycles. The minimum absolute atomic E-state index is 0. The van der Waals surface area contributed by atoms with Crippen LogP contribution in [0.1, 0.15) is 12.8 Å². The number of carbonyl (C=O) groups is 2. The summed E-state index contributed by atoms with van der Waals surface area (Å²) in [5.74, 6) is -1.71. The van der Waals surface area contributed by atoms with Gasteiger partial charge in [-0.1, -0.05) is 8.64 Å². The summed E-state index contributed by atoms with van der Waals surface area (Å²) in [6.45, 7) is 0.634. The molecule has 20 heavy (non-hydrogen) atoms. The molecule has 6 nitrogen and oxygen atoms in total. The van der Waals surface area contributed by atoms with Crippen LogP contribution in [0.4, 0.5) is 0 Å². The number of aliphatic carboxylic acids is 2. The van der Waals surface area contributed by atoms with Crippen molar-refractivity contribution in [3.8, 4) is 0 Å². The van der Waals surface area contributed by atoms with Crippen LogP contribution in [-0.2, 0) is 34.8 Å². The third kappa shape index (κ3) is 36.5. The first-order chi connectivity index (χ1) is 8.25. The number of nitrogens with one attached hydrogen (secondary N) is 2. The second-order valence-corrected chi connectivity index (χ2v) is 4.87. The number of carboxylic acid groups (broad SMARTS) is 2. The van der Waals surface area contributed by atoms with Crippen LogP contribution >= 0.6 is 24.4 Å². The molecule has 12 heteroatoms. The van der Waals surface area contributed by atoms with Crippen LogP contribution in [0.2, 0.25) is 0 Å². The summed E-state index contributed by atoms with van der Waals surface area (Å²) in [5, 5.41) is 21.3. The zero-order valence-electron chi connectivity index (χ0n) is 11.2. The first-order valence-electron chi connectivity index (χ1n) is 4.59. The second kappa shape index (κ2) is 20.2. The van der Waals surface area contributed by atoms with Crippen molar-refractivity contribution in [2.24, 2.45) is 0 Å². The third-order valence-electron chi connectivity index (χ3n) is 1.22. The van der Waals surface area contributed by atoms with Crippen LogP contribution in [0.15, 0.2) is 0 Å². The molecule has 0 amide bonds. The molecule has 0 fully saturated rings. The summed E-state index contributed by atoms with van der Waals surface area (Å²) in [6, 6.07) is 0. The average Bonchev–Trinajstić information content (AvgIpc) is 2.15. The van der Waals surface area contributed by atoms with Crippen LogP contribution in [0.5, 0.6) is 0 Å². The van der Waals surface area contributed by atoms with Gasteiger partial charge in [0.15, 0.2) is 0 Å². The summed E-state index contributed by atoms with van der Waals surface area (Å²) in [4.78, 5) is 19.7. The number of hydrogen-bond donors (Lipinski definition) is 4. The molecule has 0 aromatic rings. The van der Waals surface area contributed by atoms with E-state index < -0.39 is 11.9 Å². The van der Waals surface area contributed by atoms with Crippen LogP contribution in [0, 0.1) is 0 Å². The van der Waals surface area contributed by atoms with Crippen LogP contribution in [-0.4, -0.2) is 43.9 Å². The Morgan fingerprint density at radius 3 is 1.25 bits per heavy atom. The van der Waals surface area contributed by atoms with Gasteiger partial charge in [0.1, 0.15) is 0 Å². The molecule has 4 N–H and O–H groups in total. The van der Waals surface area contributed by atoms with Crippen molar-refractivity contribution in [2.45, 2.75) is 12.8 Å². The smallest absolute Gasteiger partial charge is 0.481 e. The predicted octanol–water partition coefficient (Wildman–Crippen LogP) is -6.23. The van der Waals surface area contributed by atoms with E-state index in [2.05, 4.69) is 60.3 Å². The minimum atomic E-state index is -0.853. The van der Waals surface area contributed by atoms with Crippen molar-refractivity contribution in [3.05, 3.63) is 0 Å². The van der Waals surface area contributed by atoms with E-state index in [4.69, 9.17) is 10.2 Å². The van der Waals surface area contributed by atoms with Gasteiger partial charge in [-0.15, -0.1) is 0 Å². The van der Waals surface area contributed by atoms with Gasteiger partial charge in [0.25, 0.3) is 0 Å². The molecule has 0 aliphatic heterocycles. The normalized spacial score (nSPS) is 7.60. The zero-order valence-corrected chi connectivity index (χ0v) is 18.4. The molecule has 0 atom stereocenters. The summed E-state index contributed by atoms with van der Waals surface area (Å²) >= 11 is 17.8. The summed E-state index contributed by atoms with van der Waals surface area (Å²) in [6.07, 6.45) is 0.105. The molecule has 0 spiro atoms.